The molecule has 1 unspecified atom stereocenters. The summed E-state index contributed by atoms with van der Waals surface area (Å²) < 4.78 is 28.5. The van der Waals surface area contributed by atoms with Crippen molar-refractivity contribution in [1.29, 1.82) is 0 Å². The summed E-state index contributed by atoms with van der Waals surface area (Å²) in [7, 11) is -3.73. The van der Waals surface area contributed by atoms with Crippen molar-refractivity contribution in [3.63, 3.8) is 0 Å². The molecule has 0 fully saturated rings. The zero-order valence-electron chi connectivity index (χ0n) is 15.9. The molecule has 8 heteroatoms. The zero-order valence-corrected chi connectivity index (χ0v) is 17.5. The van der Waals surface area contributed by atoms with Gasteiger partial charge < -0.3 is 10.6 Å². The predicted molar refractivity (Wildman–Crippen MR) is 107 cm³/mol. The zero-order chi connectivity index (χ0) is 18.8. The number of hydrogen-bond donors (Lipinski definition) is 2. The summed E-state index contributed by atoms with van der Waals surface area (Å²) in [6.07, 6.45) is 2.38. The van der Waals surface area contributed by atoms with Gasteiger partial charge in [-0.3, -0.25) is 4.79 Å². The molecule has 1 heterocycles. The second-order valence-corrected chi connectivity index (χ2v) is 9.22. The Morgan fingerprint density at radius 3 is 2.58 bits per heavy atom. The summed E-state index contributed by atoms with van der Waals surface area (Å²) in [6, 6.07) is 5.02. The maximum atomic E-state index is 12.9. The third kappa shape index (κ3) is 5.19. The smallest absolute Gasteiger partial charge is 0.241 e. The number of benzene rings is 1. The van der Waals surface area contributed by atoms with Crippen molar-refractivity contribution in [3.05, 3.63) is 23.8 Å². The van der Waals surface area contributed by atoms with E-state index in [2.05, 4.69) is 4.72 Å². The van der Waals surface area contributed by atoms with Gasteiger partial charge >= 0.3 is 0 Å². The second-order valence-electron chi connectivity index (χ2n) is 7.53. The van der Waals surface area contributed by atoms with Crippen molar-refractivity contribution in [2.45, 2.75) is 57.4 Å². The molecule has 1 aromatic rings. The fraction of sp³-hybridized carbons (Fsp3) is 0.611. The van der Waals surface area contributed by atoms with Crippen molar-refractivity contribution >= 4 is 34.0 Å². The number of carbonyl (C=O) groups excluding carboxylic acids is 1. The van der Waals surface area contributed by atoms with E-state index in [1.165, 1.54) is 6.92 Å². The van der Waals surface area contributed by atoms with Crippen molar-refractivity contribution in [3.8, 4) is 0 Å². The highest BCUT2D eigenvalue weighted by atomic mass is 35.5. The first kappa shape index (κ1) is 22.9. The molecule has 0 spiro atoms. The number of nitrogens with one attached hydrogen (secondary N) is 1. The molecule has 3 N–H and O–H groups in total. The van der Waals surface area contributed by atoms with Gasteiger partial charge in [-0.2, -0.15) is 0 Å². The Bertz CT molecular complexity index is 752. The van der Waals surface area contributed by atoms with E-state index in [4.69, 9.17) is 5.73 Å². The average Bonchev–Trinajstić information content (AvgIpc) is 2.52. The molecule has 0 saturated carbocycles. The van der Waals surface area contributed by atoms with E-state index in [0.29, 0.717) is 24.6 Å². The Morgan fingerprint density at radius 2 is 2.04 bits per heavy atom. The number of hydrogen-bond acceptors (Lipinski definition) is 4. The van der Waals surface area contributed by atoms with Crippen LogP contribution in [0.4, 0.5) is 5.69 Å². The minimum atomic E-state index is -3.73. The minimum absolute atomic E-state index is 0. The van der Waals surface area contributed by atoms with Gasteiger partial charge in [0, 0.05) is 31.2 Å². The van der Waals surface area contributed by atoms with Crippen LogP contribution >= 0.6 is 12.4 Å². The first-order valence-electron chi connectivity index (χ1n) is 8.73. The van der Waals surface area contributed by atoms with E-state index in [-0.39, 0.29) is 29.8 Å². The number of anilines is 1. The maximum absolute atomic E-state index is 12.9. The molecule has 1 aliphatic rings. The number of rotatable bonds is 6. The van der Waals surface area contributed by atoms with Crippen molar-refractivity contribution in [2.24, 2.45) is 11.7 Å². The highest BCUT2D eigenvalue weighted by Gasteiger charge is 2.31. The summed E-state index contributed by atoms with van der Waals surface area (Å²) in [6.45, 7) is 8.23. The third-order valence-electron chi connectivity index (χ3n) is 4.56. The number of fused-ring (bicyclic) bond motifs is 1. The Kier molecular flexibility index (Phi) is 7.65. The molecule has 1 aromatic carbocycles. The van der Waals surface area contributed by atoms with Crippen LogP contribution in [0.5, 0.6) is 0 Å². The van der Waals surface area contributed by atoms with Crippen LogP contribution in [0, 0.1) is 5.92 Å². The minimum Gasteiger partial charge on any atom is -0.329 e. The first-order valence-corrected chi connectivity index (χ1v) is 10.2. The lowest BCUT2D eigenvalue weighted by molar-refractivity contribution is -0.116. The lowest BCUT2D eigenvalue weighted by atomic mass is 9.92. The lowest BCUT2D eigenvalue weighted by Gasteiger charge is -2.32. The molecule has 1 aliphatic heterocycles. The molecule has 1 amide bonds. The van der Waals surface area contributed by atoms with Gasteiger partial charge in [0.05, 0.1) is 4.90 Å². The van der Waals surface area contributed by atoms with E-state index in [9.17, 15) is 13.2 Å². The van der Waals surface area contributed by atoms with Crippen molar-refractivity contribution in [1.82, 2.24) is 4.72 Å². The van der Waals surface area contributed by atoms with Gasteiger partial charge in [0.2, 0.25) is 15.9 Å². The van der Waals surface area contributed by atoms with Crippen molar-refractivity contribution in [2.75, 3.05) is 18.0 Å². The monoisotopic (exact) mass is 403 g/mol. The molecule has 0 aliphatic carbocycles. The molecule has 2 rings (SSSR count). The SMILES string of the molecule is CC(=O)N1CCCc2ccc(S(=O)(=O)NC(C)(CN)CC(C)C)cc21.Cl. The number of aryl methyl sites for hydroxylation is 1. The molecular formula is C18H30ClN3O3S. The topological polar surface area (TPSA) is 92.5 Å². The Balaban J connectivity index is 0.00000338. The lowest BCUT2D eigenvalue weighted by Crippen LogP contribution is -2.52. The number of nitrogens with zero attached hydrogens (tertiary/aromatic N) is 1. The molecule has 0 bridgehead atoms. The largest absolute Gasteiger partial charge is 0.329 e. The van der Waals surface area contributed by atoms with Crippen LogP contribution in [-0.4, -0.2) is 33.0 Å². The number of carbonyl (C=O) groups is 1. The number of sulfonamides is 1. The summed E-state index contributed by atoms with van der Waals surface area (Å²) in [5, 5.41) is 0. The van der Waals surface area contributed by atoms with E-state index < -0.39 is 15.6 Å². The summed E-state index contributed by atoms with van der Waals surface area (Å²) in [5.74, 6) is 0.239. The first-order chi connectivity index (χ1) is 11.6. The van der Waals surface area contributed by atoms with Crippen LogP contribution in [-0.2, 0) is 21.2 Å². The predicted octanol–water partition coefficient (Wildman–Crippen LogP) is 2.45. The van der Waals surface area contributed by atoms with Crippen LogP contribution < -0.4 is 15.4 Å². The molecule has 1 atom stereocenters. The van der Waals surface area contributed by atoms with E-state index in [1.807, 2.05) is 20.8 Å². The molecule has 148 valence electrons. The Hall–Kier alpha value is -1.15. The van der Waals surface area contributed by atoms with Gasteiger partial charge in [0.1, 0.15) is 0 Å². The van der Waals surface area contributed by atoms with Gasteiger partial charge in [0.25, 0.3) is 0 Å². The standard InChI is InChI=1S/C18H29N3O3S.ClH/c1-13(2)11-18(4,12-19)20-25(23,24)16-8-7-15-6-5-9-21(14(3)22)17(15)10-16;/h7-8,10,13,20H,5-6,9,11-12,19H2,1-4H3;1H. The van der Waals surface area contributed by atoms with Crippen LogP contribution in [0.3, 0.4) is 0 Å². The van der Waals surface area contributed by atoms with E-state index in [1.54, 1.807) is 23.1 Å². The highest BCUT2D eigenvalue weighted by molar-refractivity contribution is 7.89. The molecule has 0 saturated heterocycles. The van der Waals surface area contributed by atoms with Crippen LogP contribution in [0.1, 0.15) is 46.1 Å². The maximum Gasteiger partial charge on any atom is 0.241 e. The summed E-state index contributed by atoms with van der Waals surface area (Å²) >= 11 is 0. The molecule has 6 nitrogen and oxygen atoms in total. The van der Waals surface area contributed by atoms with Gasteiger partial charge in [0.15, 0.2) is 0 Å². The highest BCUT2D eigenvalue weighted by Crippen LogP contribution is 2.30. The quantitative estimate of drug-likeness (QED) is 0.762. The summed E-state index contributed by atoms with van der Waals surface area (Å²) in [5.41, 5.74) is 6.83. The number of amides is 1. The van der Waals surface area contributed by atoms with E-state index >= 15 is 0 Å². The second kappa shape index (κ2) is 8.69. The van der Waals surface area contributed by atoms with E-state index in [0.717, 1.165) is 18.4 Å². The Morgan fingerprint density at radius 1 is 1.38 bits per heavy atom. The van der Waals surface area contributed by atoms with Crippen molar-refractivity contribution < 1.29 is 13.2 Å². The number of nitrogens with two attached hydrogens (primary N) is 1. The fourth-order valence-corrected chi connectivity index (χ4v) is 4.95. The van der Waals surface area contributed by atoms with Crippen LogP contribution in [0.25, 0.3) is 0 Å². The molecular weight excluding hydrogens is 374 g/mol. The number of halogens is 1. The Labute approximate surface area is 163 Å². The van der Waals surface area contributed by atoms with Gasteiger partial charge in [-0.1, -0.05) is 19.9 Å². The van der Waals surface area contributed by atoms with Crippen LogP contribution in [0.15, 0.2) is 23.1 Å². The average molecular weight is 404 g/mol. The van der Waals surface area contributed by atoms with Gasteiger partial charge in [-0.15, -0.1) is 12.4 Å². The summed E-state index contributed by atoms with van der Waals surface area (Å²) in [4.78, 5) is 13.7. The fourth-order valence-electron chi connectivity index (χ4n) is 3.50. The molecule has 26 heavy (non-hydrogen) atoms. The van der Waals surface area contributed by atoms with Crippen LogP contribution in [0.2, 0.25) is 0 Å². The van der Waals surface area contributed by atoms with Gasteiger partial charge in [-0.25, -0.2) is 13.1 Å². The third-order valence-corrected chi connectivity index (χ3v) is 6.19. The van der Waals surface area contributed by atoms with Gasteiger partial charge in [-0.05, 0) is 49.8 Å². The normalized spacial score (nSPS) is 16.6. The molecule has 0 radical (unpaired) electrons. The molecule has 0 aromatic heterocycles.